The maximum absolute atomic E-state index is 13.0. The zero-order valence-corrected chi connectivity index (χ0v) is 13.7. The van der Waals surface area contributed by atoms with Crippen LogP contribution < -0.4 is 0 Å². The molecule has 25 heavy (non-hydrogen) atoms. The molecule has 3 rings (SSSR count). The van der Waals surface area contributed by atoms with Crippen molar-refractivity contribution in [2.24, 2.45) is 10.9 Å². The summed E-state index contributed by atoms with van der Waals surface area (Å²) in [6.45, 7) is 1.83. The highest BCUT2D eigenvalue weighted by atomic mass is 16.6. The van der Waals surface area contributed by atoms with E-state index in [4.69, 9.17) is 0 Å². The van der Waals surface area contributed by atoms with Crippen molar-refractivity contribution in [2.45, 2.75) is 32.6 Å². The highest BCUT2D eigenvalue weighted by Crippen LogP contribution is 2.37. The molecule has 0 bridgehead atoms. The van der Waals surface area contributed by atoms with Crippen LogP contribution in [-0.4, -0.2) is 28.5 Å². The van der Waals surface area contributed by atoms with E-state index in [1.165, 1.54) is 12.3 Å². The minimum atomic E-state index is -1.45. The maximum atomic E-state index is 13.0. The molecule has 0 amide bonds. The number of fused-ring (bicyclic) bond motifs is 1. The fourth-order valence-corrected chi connectivity index (χ4v) is 3.16. The standard InChI is InChI=1S/C18H16N2O5/c1-10-5-6-11-7-8-12(20(24)25)15(17(11)19-9-10)18(23)16-13(21)3-2-4-14(16)22/h5,7-9,16H,2-4,6H2,1H3. The summed E-state index contributed by atoms with van der Waals surface area (Å²) in [4.78, 5) is 52.2. The van der Waals surface area contributed by atoms with Crippen LogP contribution in [0.2, 0.25) is 0 Å². The van der Waals surface area contributed by atoms with Crippen molar-refractivity contribution in [3.05, 3.63) is 45.0 Å². The predicted molar refractivity (Wildman–Crippen MR) is 90.4 cm³/mol. The Morgan fingerprint density at radius 2 is 1.92 bits per heavy atom. The quantitative estimate of drug-likeness (QED) is 0.364. The van der Waals surface area contributed by atoms with Gasteiger partial charge in [0.1, 0.15) is 11.5 Å². The average Bonchev–Trinajstić information content (AvgIpc) is 2.75. The first-order chi connectivity index (χ1) is 11.9. The molecular weight excluding hydrogens is 324 g/mol. The molecular formula is C18H16N2O5. The van der Waals surface area contributed by atoms with Crippen LogP contribution in [-0.2, 0) is 16.0 Å². The van der Waals surface area contributed by atoms with Crippen molar-refractivity contribution >= 4 is 34.9 Å². The highest BCUT2D eigenvalue weighted by Gasteiger charge is 2.40. The Hall–Kier alpha value is -2.96. The summed E-state index contributed by atoms with van der Waals surface area (Å²) in [6, 6.07) is 2.80. The highest BCUT2D eigenvalue weighted by molar-refractivity contribution is 6.27. The van der Waals surface area contributed by atoms with Gasteiger partial charge in [-0.1, -0.05) is 6.08 Å². The van der Waals surface area contributed by atoms with Gasteiger partial charge in [-0.25, -0.2) is 0 Å². The van der Waals surface area contributed by atoms with E-state index in [9.17, 15) is 24.5 Å². The molecule has 0 aromatic heterocycles. The summed E-state index contributed by atoms with van der Waals surface area (Å²) >= 11 is 0. The lowest BCUT2D eigenvalue weighted by molar-refractivity contribution is -0.385. The third-order valence-electron chi connectivity index (χ3n) is 4.48. The summed E-state index contributed by atoms with van der Waals surface area (Å²) in [6.07, 6.45) is 4.57. The lowest BCUT2D eigenvalue weighted by atomic mass is 9.80. The van der Waals surface area contributed by atoms with Gasteiger partial charge in [0.25, 0.3) is 5.69 Å². The monoisotopic (exact) mass is 340 g/mol. The molecule has 0 saturated heterocycles. The van der Waals surface area contributed by atoms with Gasteiger partial charge in [0, 0.05) is 25.1 Å². The zero-order chi connectivity index (χ0) is 18.1. The third-order valence-corrected chi connectivity index (χ3v) is 4.48. The van der Waals surface area contributed by atoms with E-state index in [0.717, 1.165) is 5.57 Å². The number of Topliss-reactive ketones (excluding diaryl/α,β-unsaturated/α-hetero) is 3. The molecule has 0 spiro atoms. The number of carbonyl (C=O) groups excluding carboxylic acids is 3. The topological polar surface area (TPSA) is 107 Å². The number of nitro groups is 1. The van der Waals surface area contributed by atoms with E-state index in [2.05, 4.69) is 4.99 Å². The second-order valence-corrected chi connectivity index (χ2v) is 6.22. The molecule has 1 aliphatic heterocycles. The maximum Gasteiger partial charge on any atom is 0.282 e. The Morgan fingerprint density at radius 3 is 2.56 bits per heavy atom. The van der Waals surface area contributed by atoms with Crippen LogP contribution in [0.5, 0.6) is 0 Å². The SMILES string of the molecule is CC1=CCc2ccc([N+](=O)[O-])c(C(=O)C3C(=O)CCCC3=O)c2N=C1. The first-order valence-corrected chi connectivity index (χ1v) is 8.01. The number of aliphatic imine (C=N–C) groups is 1. The van der Waals surface area contributed by atoms with Crippen LogP contribution in [0.1, 0.15) is 42.1 Å². The normalized spacial score (nSPS) is 17.7. The molecule has 1 aliphatic carbocycles. The van der Waals surface area contributed by atoms with Gasteiger partial charge >= 0.3 is 0 Å². The molecule has 7 heteroatoms. The number of hydrogen-bond donors (Lipinski definition) is 0. The van der Waals surface area contributed by atoms with Crippen LogP contribution in [0.25, 0.3) is 0 Å². The van der Waals surface area contributed by atoms with Gasteiger partial charge in [-0.2, -0.15) is 0 Å². The van der Waals surface area contributed by atoms with Gasteiger partial charge < -0.3 is 0 Å². The van der Waals surface area contributed by atoms with Crippen molar-refractivity contribution in [1.82, 2.24) is 0 Å². The van der Waals surface area contributed by atoms with Crippen molar-refractivity contribution < 1.29 is 19.3 Å². The first-order valence-electron chi connectivity index (χ1n) is 8.01. The Kier molecular flexibility index (Phi) is 4.39. The van der Waals surface area contributed by atoms with E-state index in [-0.39, 0.29) is 24.1 Å². The molecule has 7 nitrogen and oxygen atoms in total. The summed E-state index contributed by atoms with van der Waals surface area (Å²) < 4.78 is 0. The Bertz CT molecular complexity index is 850. The van der Waals surface area contributed by atoms with E-state index < -0.39 is 33.9 Å². The summed E-state index contributed by atoms with van der Waals surface area (Å²) in [5.74, 6) is -3.21. The first kappa shape index (κ1) is 16.9. The van der Waals surface area contributed by atoms with Gasteiger partial charge in [-0.3, -0.25) is 29.5 Å². The fourth-order valence-electron chi connectivity index (χ4n) is 3.16. The van der Waals surface area contributed by atoms with Crippen LogP contribution in [0.3, 0.4) is 0 Å². The number of carbonyl (C=O) groups is 3. The minimum Gasteiger partial charge on any atom is -0.298 e. The van der Waals surface area contributed by atoms with E-state index >= 15 is 0 Å². The van der Waals surface area contributed by atoms with Crippen molar-refractivity contribution in [3.63, 3.8) is 0 Å². The van der Waals surface area contributed by atoms with Crippen molar-refractivity contribution in [2.75, 3.05) is 0 Å². The molecule has 0 N–H and O–H groups in total. The minimum absolute atomic E-state index is 0.134. The Labute approximate surface area is 143 Å². The predicted octanol–water partition coefficient (Wildman–Crippen LogP) is 2.92. The summed E-state index contributed by atoms with van der Waals surface area (Å²) in [5.41, 5.74) is 1.03. The number of nitro benzene ring substituents is 1. The van der Waals surface area contributed by atoms with E-state index in [1.54, 1.807) is 6.07 Å². The van der Waals surface area contributed by atoms with Gasteiger partial charge in [0.15, 0.2) is 17.3 Å². The summed E-state index contributed by atoms with van der Waals surface area (Å²) in [5, 5.41) is 11.4. The zero-order valence-electron chi connectivity index (χ0n) is 13.7. The van der Waals surface area contributed by atoms with E-state index in [0.29, 0.717) is 18.4 Å². The second kappa shape index (κ2) is 6.51. The molecule has 1 aromatic rings. The molecule has 1 heterocycles. The molecule has 0 radical (unpaired) electrons. The molecule has 2 aliphatic rings. The Morgan fingerprint density at radius 1 is 1.24 bits per heavy atom. The number of nitrogens with zero attached hydrogens (tertiary/aromatic N) is 2. The van der Waals surface area contributed by atoms with Crippen molar-refractivity contribution in [1.29, 1.82) is 0 Å². The lowest BCUT2D eigenvalue weighted by Gasteiger charge is -2.19. The van der Waals surface area contributed by atoms with Gasteiger partial charge in [-0.15, -0.1) is 0 Å². The number of allylic oxidation sites excluding steroid dienone is 2. The fraction of sp³-hybridized carbons (Fsp3) is 0.333. The molecule has 0 atom stereocenters. The number of hydrogen-bond acceptors (Lipinski definition) is 6. The third kappa shape index (κ3) is 3.05. The number of rotatable bonds is 3. The molecule has 1 aromatic carbocycles. The van der Waals surface area contributed by atoms with Crippen LogP contribution in [0.15, 0.2) is 28.8 Å². The van der Waals surface area contributed by atoms with E-state index in [1.807, 2.05) is 13.0 Å². The van der Waals surface area contributed by atoms with Crippen LogP contribution >= 0.6 is 0 Å². The number of benzene rings is 1. The smallest absolute Gasteiger partial charge is 0.282 e. The second-order valence-electron chi connectivity index (χ2n) is 6.22. The molecule has 1 saturated carbocycles. The molecule has 128 valence electrons. The molecule has 0 unspecified atom stereocenters. The average molecular weight is 340 g/mol. The van der Waals surface area contributed by atoms with Gasteiger partial charge in [0.05, 0.1) is 10.6 Å². The van der Waals surface area contributed by atoms with Crippen LogP contribution in [0, 0.1) is 16.0 Å². The Balaban J connectivity index is 2.19. The lowest BCUT2D eigenvalue weighted by Crippen LogP contribution is -2.35. The largest absolute Gasteiger partial charge is 0.298 e. The summed E-state index contributed by atoms with van der Waals surface area (Å²) in [7, 11) is 0. The molecule has 1 fully saturated rings. The van der Waals surface area contributed by atoms with Gasteiger partial charge in [0.2, 0.25) is 0 Å². The number of ketones is 3. The van der Waals surface area contributed by atoms with Crippen LogP contribution in [0.4, 0.5) is 11.4 Å². The van der Waals surface area contributed by atoms with Gasteiger partial charge in [-0.05, 0) is 37.0 Å². The van der Waals surface area contributed by atoms with Crippen molar-refractivity contribution in [3.8, 4) is 0 Å².